The Morgan fingerprint density at radius 3 is 2.23 bits per heavy atom. The highest BCUT2D eigenvalue weighted by atomic mass is 32.2. The first kappa shape index (κ1) is 21.7. The molecule has 0 aliphatic carbocycles. The predicted octanol–water partition coefficient (Wildman–Crippen LogP) is 3.22. The fourth-order valence-corrected chi connectivity index (χ4v) is 11.4. The van der Waals surface area contributed by atoms with Crippen molar-refractivity contribution in [2.24, 2.45) is 0 Å². The number of carbonyl (C=O) groups excluding carboxylic acids is 2. The van der Waals surface area contributed by atoms with E-state index in [1.807, 2.05) is 5.32 Å². The lowest BCUT2D eigenvalue weighted by atomic mass is 10.2. The lowest BCUT2D eigenvalue weighted by molar-refractivity contribution is -0.127. The first-order chi connectivity index (χ1) is 12.0. The van der Waals surface area contributed by atoms with Crippen LogP contribution in [0.15, 0.2) is 0 Å². The molecule has 150 valence electrons. The van der Waals surface area contributed by atoms with Gasteiger partial charge in [0.1, 0.15) is 5.44 Å². The van der Waals surface area contributed by atoms with Crippen LogP contribution in [0.1, 0.15) is 48.0 Å². The molecule has 1 unspecified atom stereocenters. The number of amides is 3. The molecule has 4 atom stereocenters. The van der Waals surface area contributed by atoms with Crippen LogP contribution < -0.4 is 5.32 Å². The quantitative estimate of drug-likeness (QED) is 0.662. The number of hydrogen-bond donors (Lipinski definition) is 2. The number of nitrogens with zero attached hydrogens (tertiary/aromatic N) is 1. The Morgan fingerprint density at radius 2 is 1.73 bits per heavy atom. The summed E-state index contributed by atoms with van der Waals surface area (Å²) in [5, 5.41) is 12.2. The highest BCUT2D eigenvalue weighted by Gasteiger charge is 2.51. The summed E-state index contributed by atoms with van der Waals surface area (Å²) in [4.78, 5) is 24.7. The molecule has 2 heterocycles. The van der Waals surface area contributed by atoms with Crippen LogP contribution in [0.3, 0.4) is 0 Å². The van der Waals surface area contributed by atoms with Gasteiger partial charge >= 0.3 is 6.03 Å². The van der Waals surface area contributed by atoms with E-state index in [0.29, 0.717) is 23.0 Å². The maximum atomic E-state index is 13.7. The van der Waals surface area contributed by atoms with E-state index in [1.165, 1.54) is 16.7 Å². The largest absolute Gasteiger partial charge is 0.409 e. The molecule has 2 aliphatic rings. The van der Waals surface area contributed by atoms with Crippen molar-refractivity contribution in [3.05, 3.63) is 0 Å². The van der Waals surface area contributed by atoms with Gasteiger partial charge in [-0.05, 0) is 16.6 Å². The molecule has 0 spiro atoms. The van der Waals surface area contributed by atoms with Gasteiger partial charge in [-0.15, -0.1) is 11.8 Å². The van der Waals surface area contributed by atoms with Gasteiger partial charge in [-0.1, -0.05) is 41.5 Å². The van der Waals surface area contributed by atoms with Crippen LogP contribution in [0.25, 0.3) is 0 Å². The minimum absolute atomic E-state index is 0.275. The van der Waals surface area contributed by atoms with Crippen LogP contribution in [-0.2, 0) is 9.22 Å². The highest BCUT2D eigenvalue weighted by molar-refractivity contribution is 8.00. The Kier molecular flexibility index (Phi) is 6.80. The van der Waals surface area contributed by atoms with E-state index >= 15 is 0 Å². The maximum absolute atomic E-state index is 13.7. The molecule has 6 nitrogen and oxygen atoms in total. The molecule has 9 heteroatoms. The van der Waals surface area contributed by atoms with E-state index in [9.17, 15) is 19.1 Å². The Hall–Kier alpha value is -0.643. The van der Waals surface area contributed by atoms with Crippen LogP contribution in [0, 0.1) is 0 Å². The standard InChI is InChI=1S/C17H31FN2O4SSi/c1-9(2)26(10(3)4,11(5)6)24-13-7-14(25-16(13)22)20-8-12(18)15(21)19-17(20)23/h9-14,16,22H,7-8H2,1-6H3,(H,19,21,23)/t12?,13-,14+,16-/m0/s1. The average Bonchev–Trinajstić information content (AvgIpc) is 2.87. The summed E-state index contributed by atoms with van der Waals surface area (Å²) < 4.78 is 20.4. The van der Waals surface area contributed by atoms with Gasteiger partial charge in [-0.2, -0.15) is 0 Å². The van der Waals surface area contributed by atoms with Crippen molar-refractivity contribution in [3.8, 4) is 0 Å². The van der Waals surface area contributed by atoms with Crippen molar-refractivity contribution in [2.75, 3.05) is 6.54 Å². The second-order valence-corrected chi connectivity index (χ2v) is 14.8. The Morgan fingerprint density at radius 1 is 1.19 bits per heavy atom. The number of alkyl halides is 1. The number of rotatable bonds is 6. The zero-order valence-electron chi connectivity index (χ0n) is 16.4. The number of thioether (sulfide) groups is 1. The summed E-state index contributed by atoms with van der Waals surface area (Å²) >= 11 is 1.20. The van der Waals surface area contributed by atoms with E-state index in [4.69, 9.17) is 4.43 Å². The van der Waals surface area contributed by atoms with Crippen molar-refractivity contribution < 1.29 is 23.5 Å². The van der Waals surface area contributed by atoms with Crippen LogP contribution in [-0.4, -0.2) is 59.9 Å². The van der Waals surface area contributed by atoms with Crippen LogP contribution >= 0.6 is 11.8 Å². The number of nitrogens with one attached hydrogen (secondary N) is 1. The molecule has 26 heavy (non-hydrogen) atoms. The van der Waals surface area contributed by atoms with E-state index in [0.717, 1.165) is 0 Å². The normalized spacial score (nSPS) is 30.7. The number of hydrogen-bond acceptors (Lipinski definition) is 5. The lowest BCUT2D eigenvalue weighted by Crippen LogP contribution is -2.58. The fraction of sp³-hybridized carbons (Fsp3) is 0.882. The zero-order valence-corrected chi connectivity index (χ0v) is 18.2. The molecule has 0 aromatic heterocycles. The minimum atomic E-state index is -2.18. The Labute approximate surface area is 160 Å². The summed E-state index contributed by atoms with van der Waals surface area (Å²) in [6.45, 7) is 12.8. The van der Waals surface area contributed by atoms with E-state index in [2.05, 4.69) is 41.5 Å². The van der Waals surface area contributed by atoms with Gasteiger partial charge in [0.25, 0.3) is 5.91 Å². The van der Waals surface area contributed by atoms with Gasteiger partial charge in [-0.3, -0.25) is 10.1 Å². The summed E-state index contributed by atoms with van der Waals surface area (Å²) in [6, 6.07) is -0.602. The maximum Gasteiger partial charge on any atom is 0.325 e. The second-order valence-electron chi connectivity index (χ2n) is 8.11. The number of urea groups is 1. The number of aliphatic hydroxyl groups excluding tert-OH is 1. The lowest BCUT2D eigenvalue weighted by Gasteiger charge is -2.44. The molecule has 3 amide bonds. The summed E-state index contributed by atoms with van der Waals surface area (Å²) in [5.41, 5.74) is 0.367. The predicted molar refractivity (Wildman–Crippen MR) is 103 cm³/mol. The molecule has 2 N–H and O–H groups in total. The molecular weight excluding hydrogens is 375 g/mol. The van der Waals surface area contributed by atoms with Crippen LogP contribution in [0.4, 0.5) is 9.18 Å². The van der Waals surface area contributed by atoms with Crippen molar-refractivity contribution in [3.63, 3.8) is 0 Å². The summed E-state index contributed by atoms with van der Waals surface area (Å²) in [5.74, 6) is -0.895. The molecule has 0 bridgehead atoms. The van der Waals surface area contributed by atoms with Crippen molar-refractivity contribution in [1.82, 2.24) is 10.2 Å². The number of carbonyl (C=O) groups is 2. The molecule has 2 fully saturated rings. The smallest absolute Gasteiger partial charge is 0.325 e. The Bertz CT molecular complexity index is 527. The fourth-order valence-electron chi connectivity index (χ4n) is 4.44. The van der Waals surface area contributed by atoms with Gasteiger partial charge in [0, 0.05) is 6.42 Å². The second kappa shape index (κ2) is 8.16. The third-order valence-corrected chi connectivity index (χ3v) is 13.1. The zero-order chi connectivity index (χ0) is 19.8. The van der Waals surface area contributed by atoms with E-state index < -0.39 is 43.3 Å². The first-order valence-corrected chi connectivity index (χ1v) is 12.4. The van der Waals surface area contributed by atoms with Crippen LogP contribution in [0.2, 0.25) is 16.6 Å². The van der Waals surface area contributed by atoms with Crippen molar-refractivity contribution in [2.45, 2.75) is 87.7 Å². The van der Waals surface area contributed by atoms with Gasteiger partial charge < -0.3 is 14.4 Å². The van der Waals surface area contributed by atoms with E-state index in [1.54, 1.807) is 0 Å². The highest BCUT2D eigenvalue weighted by Crippen LogP contribution is 2.47. The van der Waals surface area contributed by atoms with Gasteiger partial charge in [0.05, 0.1) is 18.0 Å². The molecule has 2 rings (SSSR count). The number of imide groups is 1. The Balaban J connectivity index is 2.15. The third kappa shape index (κ3) is 3.95. The van der Waals surface area contributed by atoms with Gasteiger partial charge in [0.2, 0.25) is 8.32 Å². The monoisotopic (exact) mass is 406 g/mol. The number of halogens is 1. The number of aliphatic hydroxyl groups is 1. The molecule has 0 radical (unpaired) electrons. The summed E-state index contributed by atoms with van der Waals surface area (Å²) in [6.07, 6.45) is -1.70. The van der Waals surface area contributed by atoms with Gasteiger partial charge in [0.15, 0.2) is 6.17 Å². The molecule has 0 aromatic carbocycles. The van der Waals surface area contributed by atoms with E-state index in [-0.39, 0.29) is 6.54 Å². The molecular formula is C17H31FN2O4SSi. The molecule has 0 saturated carbocycles. The van der Waals surface area contributed by atoms with Crippen molar-refractivity contribution in [1.29, 1.82) is 0 Å². The molecule has 2 saturated heterocycles. The third-order valence-electron chi connectivity index (χ3n) is 5.59. The van der Waals surface area contributed by atoms with Crippen molar-refractivity contribution >= 4 is 32.0 Å². The SMILES string of the molecule is CC(C)[Si](O[C@H]1C[C@H](N2CC(F)C(=O)NC2=O)S[C@@H]1O)(C(C)C)C(C)C. The average molecular weight is 407 g/mol. The topological polar surface area (TPSA) is 78.9 Å². The molecule has 0 aromatic rings. The molecule has 2 aliphatic heterocycles. The minimum Gasteiger partial charge on any atom is -0.409 e. The summed E-state index contributed by atoms with van der Waals surface area (Å²) in [7, 11) is -2.18. The van der Waals surface area contributed by atoms with Gasteiger partial charge in [-0.25, -0.2) is 9.18 Å². The van der Waals surface area contributed by atoms with Crippen LogP contribution in [0.5, 0.6) is 0 Å². The first-order valence-electron chi connectivity index (χ1n) is 9.27.